The van der Waals surface area contributed by atoms with Crippen molar-refractivity contribution in [2.75, 3.05) is 20.3 Å². The van der Waals surface area contributed by atoms with Gasteiger partial charge in [-0.2, -0.15) is 0 Å². The zero-order chi connectivity index (χ0) is 15.2. The summed E-state index contributed by atoms with van der Waals surface area (Å²) in [6.07, 6.45) is 3.98. The molecule has 0 aliphatic heterocycles. The van der Waals surface area contributed by atoms with Gasteiger partial charge in [-0.25, -0.2) is 0 Å². The normalized spacial score (nSPS) is 22.7. The van der Waals surface area contributed by atoms with Crippen LogP contribution in [0.3, 0.4) is 0 Å². The van der Waals surface area contributed by atoms with E-state index in [1.165, 1.54) is 18.4 Å². The van der Waals surface area contributed by atoms with Gasteiger partial charge in [-0.05, 0) is 64.3 Å². The average Bonchev–Trinajstić information content (AvgIpc) is 2.44. The summed E-state index contributed by atoms with van der Waals surface area (Å²) in [5, 5.41) is 3.45. The van der Waals surface area contributed by atoms with E-state index < -0.39 is 0 Å². The fourth-order valence-corrected chi connectivity index (χ4v) is 3.43. The lowest BCUT2D eigenvalue weighted by atomic mass is 9.77. The highest BCUT2D eigenvalue weighted by Gasteiger charge is 2.32. The minimum atomic E-state index is 0.330. The third-order valence-corrected chi connectivity index (χ3v) is 4.65. The Kier molecular flexibility index (Phi) is 6.52. The van der Waals surface area contributed by atoms with Gasteiger partial charge in [-0.3, -0.25) is 0 Å². The second-order valence-electron chi connectivity index (χ2n) is 5.61. The first-order chi connectivity index (χ1) is 10.2. The molecule has 3 nitrogen and oxygen atoms in total. The number of nitrogens with one attached hydrogen (secondary N) is 1. The first-order valence-corrected chi connectivity index (χ1v) is 8.68. The van der Waals surface area contributed by atoms with Gasteiger partial charge in [-0.15, -0.1) is 0 Å². The van der Waals surface area contributed by atoms with Crippen LogP contribution < -0.4 is 10.1 Å². The Hall–Kier alpha value is -0.580. The summed E-state index contributed by atoms with van der Waals surface area (Å²) >= 11 is 3.57. The van der Waals surface area contributed by atoms with Crippen molar-refractivity contribution in [3.05, 3.63) is 28.2 Å². The molecule has 0 heterocycles. The van der Waals surface area contributed by atoms with Crippen LogP contribution in [0.15, 0.2) is 22.7 Å². The lowest BCUT2D eigenvalue weighted by molar-refractivity contribution is -0.0290. The Morgan fingerprint density at radius 1 is 1.29 bits per heavy atom. The smallest absolute Gasteiger partial charge is 0.124 e. The van der Waals surface area contributed by atoms with Crippen LogP contribution in [0, 0.1) is 5.92 Å². The maximum absolute atomic E-state index is 5.78. The van der Waals surface area contributed by atoms with Crippen LogP contribution in [0.25, 0.3) is 0 Å². The minimum absolute atomic E-state index is 0.330. The molecule has 1 aromatic rings. The third-order valence-electron chi connectivity index (χ3n) is 4.16. The summed E-state index contributed by atoms with van der Waals surface area (Å²) in [6, 6.07) is 6.59. The fraction of sp³-hybridized carbons (Fsp3) is 0.647. The molecule has 1 N–H and O–H groups in total. The number of hydrogen-bond donors (Lipinski definition) is 1. The predicted molar refractivity (Wildman–Crippen MR) is 89.9 cm³/mol. The second kappa shape index (κ2) is 8.16. The van der Waals surface area contributed by atoms with Gasteiger partial charge < -0.3 is 14.8 Å². The van der Waals surface area contributed by atoms with Crippen LogP contribution in [0.4, 0.5) is 0 Å². The number of ether oxygens (including phenoxy) is 2. The summed E-state index contributed by atoms with van der Waals surface area (Å²) in [7, 11) is 2.03. The Morgan fingerprint density at radius 2 is 2.05 bits per heavy atom. The van der Waals surface area contributed by atoms with Crippen molar-refractivity contribution in [3.8, 4) is 5.75 Å². The third kappa shape index (κ3) is 4.44. The molecule has 0 amide bonds. The molecule has 0 radical (unpaired) electrons. The van der Waals surface area contributed by atoms with Crippen molar-refractivity contribution in [3.63, 3.8) is 0 Å². The van der Waals surface area contributed by atoms with Gasteiger partial charge in [-0.1, -0.05) is 15.9 Å². The van der Waals surface area contributed by atoms with Gasteiger partial charge in [0.25, 0.3) is 0 Å². The molecule has 1 aromatic carbocycles. The molecule has 1 saturated carbocycles. The highest BCUT2D eigenvalue weighted by molar-refractivity contribution is 9.10. The number of benzene rings is 1. The zero-order valence-electron chi connectivity index (χ0n) is 13.2. The van der Waals surface area contributed by atoms with Crippen LogP contribution >= 0.6 is 15.9 Å². The van der Waals surface area contributed by atoms with Gasteiger partial charge >= 0.3 is 0 Å². The first kappa shape index (κ1) is 16.8. The van der Waals surface area contributed by atoms with Crippen molar-refractivity contribution in [1.29, 1.82) is 0 Å². The van der Waals surface area contributed by atoms with Crippen molar-refractivity contribution in [1.82, 2.24) is 5.32 Å². The summed E-state index contributed by atoms with van der Waals surface area (Å²) in [4.78, 5) is 0. The Balaban J connectivity index is 2.02. The van der Waals surface area contributed by atoms with E-state index in [1.54, 1.807) is 0 Å². The van der Waals surface area contributed by atoms with E-state index >= 15 is 0 Å². The maximum atomic E-state index is 5.78. The van der Waals surface area contributed by atoms with Gasteiger partial charge in [0, 0.05) is 22.7 Å². The average molecular weight is 356 g/mol. The number of rotatable bonds is 8. The first-order valence-electron chi connectivity index (χ1n) is 7.89. The maximum Gasteiger partial charge on any atom is 0.124 e. The van der Waals surface area contributed by atoms with Crippen molar-refractivity contribution < 1.29 is 9.47 Å². The molecule has 2 rings (SSSR count). The van der Waals surface area contributed by atoms with Crippen molar-refractivity contribution in [2.45, 2.75) is 45.3 Å². The molecule has 0 saturated heterocycles. The van der Waals surface area contributed by atoms with Crippen LogP contribution in [0.5, 0.6) is 5.75 Å². The molecule has 1 unspecified atom stereocenters. The summed E-state index contributed by atoms with van der Waals surface area (Å²) < 4.78 is 12.5. The highest BCUT2D eigenvalue weighted by atomic mass is 79.9. The standard InChI is InChI=1S/C17H26BrNO2/c1-4-20-14-8-12(9-14)10-16(19-3)15-11-13(18)6-7-17(15)21-5-2/h6-7,11-12,14,16,19H,4-5,8-10H2,1-3H3. The van der Waals surface area contributed by atoms with E-state index in [0.717, 1.165) is 29.2 Å². The van der Waals surface area contributed by atoms with Gasteiger partial charge in [0.15, 0.2) is 0 Å². The highest BCUT2D eigenvalue weighted by Crippen LogP contribution is 2.39. The van der Waals surface area contributed by atoms with E-state index in [4.69, 9.17) is 9.47 Å². The lowest BCUT2D eigenvalue weighted by Gasteiger charge is -2.37. The Bertz CT molecular complexity index is 446. The second-order valence-corrected chi connectivity index (χ2v) is 6.52. The molecule has 4 heteroatoms. The Labute approximate surface area is 136 Å². The molecule has 1 aliphatic rings. The van der Waals surface area contributed by atoms with E-state index in [1.807, 2.05) is 20.0 Å². The number of hydrogen-bond acceptors (Lipinski definition) is 3. The van der Waals surface area contributed by atoms with Gasteiger partial charge in [0.2, 0.25) is 0 Å². The number of halogens is 1. The predicted octanol–water partition coefficient (Wildman–Crippen LogP) is 4.31. The SMILES string of the molecule is CCOc1ccc(Br)cc1C(CC1CC(OCC)C1)NC. The molecule has 1 atom stereocenters. The molecular weight excluding hydrogens is 330 g/mol. The van der Waals surface area contributed by atoms with Crippen LogP contribution in [0.1, 0.15) is 44.7 Å². The van der Waals surface area contributed by atoms with Crippen molar-refractivity contribution >= 4 is 15.9 Å². The molecule has 21 heavy (non-hydrogen) atoms. The van der Waals surface area contributed by atoms with E-state index in [9.17, 15) is 0 Å². The molecule has 0 spiro atoms. The summed E-state index contributed by atoms with van der Waals surface area (Å²) in [5.41, 5.74) is 1.24. The molecule has 0 bridgehead atoms. The Morgan fingerprint density at radius 3 is 2.67 bits per heavy atom. The van der Waals surface area contributed by atoms with Gasteiger partial charge in [0.05, 0.1) is 12.7 Å². The van der Waals surface area contributed by atoms with Gasteiger partial charge in [0.1, 0.15) is 5.75 Å². The molecule has 1 aliphatic carbocycles. The van der Waals surface area contributed by atoms with E-state index in [0.29, 0.717) is 18.8 Å². The molecule has 118 valence electrons. The van der Waals surface area contributed by atoms with E-state index in [-0.39, 0.29) is 0 Å². The van der Waals surface area contributed by atoms with Crippen LogP contribution in [-0.4, -0.2) is 26.4 Å². The summed E-state index contributed by atoms with van der Waals surface area (Å²) in [5.74, 6) is 1.73. The van der Waals surface area contributed by atoms with Crippen LogP contribution in [-0.2, 0) is 4.74 Å². The van der Waals surface area contributed by atoms with E-state index in [2.05, 4.69) is 40.3 Å². The molecule has 1 fully saturated rings. The summed E-state index contributed by atoms with van der Waals surface area (Å²) in [6.45, 7) is 5.62. The largest absolute Gasteiger partial charge is 0.494 e. The van der Waals surface area contributed by atoms with Crippen molar-refractivity contribution in [2.24, 2.45) is 5.92 Å². The monoisotopic (exact) mass is 355 g/mol. The lowest BCUT2D eigenvalue weighted by Crippen LogP contribution is -2.34. The zero-order valence-corrected chi connectivity index (χ0v) is 14.8. The quantitative estimate of drug-likeness (QED) is 0.753. The fourth-order valence-electron chi connectivity index (χ4n) is 3.05. The minimum Gasteiger partial charge on any atom is -0.494 e. The van der Waals surface area contributed by atoms with Crippen LogP contribution in [0.2, 0.25) is 0 Å². The molecule has 0 aromatic heterocycles. The molecular formula is C17H26BrNO2. The topological polar surface area (TPSA) is 30.5 Å².